The van der Waals surface area contributed by atoms with Gasteiger partial charge in [-0.25, -0.2) is 14.4 Å². The zero-order valence-electron chi connectivity index (χ0n) is 21.4. The smallest absolute Gasteiger partial charge is 0.342 e. The lowest BCUT2D eigenvalue weighted by atomic mass is 10.0. The van der Waals surface area contributed by atoms with Gasteiger partial charge in [-0.1, -0.05) is 96.0 Å². The fraction of sp³-hybridized carbons (Fsp3) is 0.714. The van der Waals surface area contributed by atoms with Crippen molar-refractivity contribution in [3.05, 3.63) is 22.8 Å². The van der Waals surface area contributed by atoms with Crippen molar-refractivity contribution in [2.75, 3.05) is 0 Å². The van der Waals surface area contributed by atoms with Crippen LogP contribution in [0, 0.1) is 0 Å². The molecule has 7 heteroatoms. The van der Waals surface area contributed by atoms with Crippen LogP contribution in [-0.4, -0.2) is 34.1 Å². The van der Waals surface area contributed by atoms with Gasteiger partial charge in [-0.15, -0.1) is 0 Å². The lowest BCUT2D eigenvalue weighted by Gasteiger charge is -2.04. The minimum absolute atomic E-state index is 0.0190. The molecule has 1 rings (SSSR count). The summed E-state index contributed by atoms with van der Waals surface area (Å²) < 4.78 is 4.61. The molecule has 1 heterocycles. The van der Waals surface area contributed by atoms with Crippen LogP contribution in [0.3, 0.4) is 0 Å². The van der Waals surface area contributed by atoms with Gasteiger partial charge in [-0.05, 0) is 32.6 Å². The van der Waals surface area contributed by atoms with Crippen molar-refractivity contribution in [3.63, 3.8) is 0 Å². The fourth-order valence-electron chi connectivity index (χ4n) is 4.38. The van der Waals surface area contributed by atoms with E-state index in [1.807, 2.05) is 0 Å². The third-order valence-electron chi connectivity index (χ3n) is 6.58. The van der Waals surface area contributed by atoms with Crippen LogP contribution in [0.1, 0.15) is 129 Å². The molecule has 0 saturated carbocycles. The first kappa shape index (κ1) is 30.6. The SMILES string of the molecule is CC1=C(CCCCCCCCCCCCCCCCCC/C=C(\CC(=O)O)C(=O)O)C(=O)OC1=O. The summed E-state index contributed by atoms with van der Waals surface area (Å²) in [5.74, 6) is -3.18. The van der Waals surface area contributed by atoms with Crippen LogP contribution in [0.4, 0.5) is 0 Å². The lowest BCUT2D eigenvalue weighted by Crippen LogP contribution is -2.06. The van der Waals surface area contributed by atoms with E-state index in [9.17, 15) is 19.2 Å². The molecule has 0 radical (unpaired) electrons. The van der Waals surface area contributed by atoms with Gasteiger partial charge in [0.25, 0.3) is 0 Å². The van der Waals surface area contributed by atoms with E-state index in [1.165, 1.54) is 70.6 Å². The molecular weight excluding hydrogens is 448 g/mol. The number of cyclic esters (lactones) is 2. The molecule has 0 atom stereocenters. The molecule has 0 fully saturated rings. The molecule has 0 spiro atoms. The van der Waals surface area contributed by atoms with Gasteiger partial charge in [0.1, 0.15) is 0 Å². The number of esters is 2. The van der Waals surface area contributed by atoms with E-state index in [1.54, 1.807) is 13.0 Å². The van der Waals surface area contributed by atoms with E-state index >= 15 is 0 Å². The molecule has 7 nitrogen and oxygen atoms in total. The molecular formula is C28H44O7. The van der Waals surface area contributed by atoms with Gasteiger partial charge in [0.05, 0.1) is 6.42 Å². The zero-order chi connectivity index (χ0) is 25.9. The maximum absolute atomic E-state index is 11.5. The Hall–Kier alpha value is -2.44. The highest BCUT2D eigenvalue weighted by Crippen LogP contribution is 2.23. The van der Waals surface area contributed by atoms with Crippen LogP contribution in [0.2, 0.25) is 0 Å². The quantitative estimate of drug-likeness (QED) is 0.0730. The number of carboxylic acids is 2. The van der Waals surface area contributed by atoms with Crippen LogP contribution >= 0.6 is 0 Å². The van der Waals surface area contributed by atoms with Crippen LogP contribution in [-0.2, 0) is 23.9 Å². The summed E-state index contributed by atoms with van der Waals surface area (Å²) in [5.41, 5.74) is 1.02. The van der Waals surface area contributed by atoms with Crippen LogP contribution in [0.5, 0.6) is 0 Å². The number of ether oxygens (including phenoxy) is 1. The Morgan fingerprint density at radius 3 is 1.49 bits per heavy atom. The van der Waals surface area contributed by atoms with Gasteiger partial charge >= 0.3 is 23.9 Å². The molecule has 0 bridgehead atoms. The number of hydrogen-bond acceptors (Lipinski definition) is 5. The molecule has 0 aromatic carbocycles. The van der Waals surface area contributed by atoms with Crippen molar-refractivity contribution >= 4 is 23.9 Å². The van der Waals surface area contributed by atoms with Crippen LogP contribution in [0.15, 0.2) is 22.8 Å². The molecule has 0 aromatic rings. The predicted molar refractivity (Wildman–Crippen MR) is 135 cm³/mol. The second-order valence-corrected chi connectivity index (χ2v) is 9.58. The number of carboxylic acid groups (broad SMARTS) is 2. The topological polar surface area (TPSA) is 118 Å². The molecule has 0 aromatic heterocycles. The first-order chi connectivity index (χ1) is 16.8. The van der Waals surface area contributed by atoms with E-state index < -0.39 is 30.3 Å². The summed E-state index contributed by atoms with van der Waals surface area (Å²) in [7, 11) is 0. The van der Waals surface area contributed by atoms with Crippen molar-refractivity contribution in [1.29, 1.82) is 0 Å². The highest BCUT2D eigenvalue weighted by molar-refractivity contribution is 6.11. The fourth-order valence-corrected chi connectivity index (χ4v) is 4.38. The summed E-state index contributed by atoms with van der Waals surface area (Å²) in [6, 6.07) is 0. The highest BCUT2D eigenvalue weighted by Gasteiger charge is 2.28. The zero-order valence-corrected chi connectivity index (χ0v) is 21.4. The average molecular weight is 493 g/mol. The average Bonchev–Trinajstić information content (AvgIpc) is 3.05. The summed E-state index contributed by atoms with van der Waals surface area (Å²) in [5, 5.41) is 17.7. The van der Waals surface area contributed by atoms with E-state index in [-0.39, 0.29) is 5.57 Å². The van der Waals surface area contributed by atoms with E-state index in [4.69, 9.17) is 10.2 Å². The lowest BCUT2D eigenvalue weighted by molar-refractivity contribution is -0.151. The summed E-state index contributed by atoms with van der Waals surface area (Å²) in [6.45, 7) is 1.67. The van der Waals surface area contributed by atoms with Crippen molar-refractivity contribution in [2.45, 2.75) is 129 Å². The van der Waals surface area contributed by atoms with Gasteiger partial charge in [0.2, 0.25) is 0 Å². The first-order valence-electron chi connectivity index (χ1n) is 13.4. The van der Waals surface area contributed by atoms with Crippen molar-refractivity contribution in [2.24, 2.45) is 0 Å². The van der Waals surface area contributed by atoms with Crippen molar-refractivity contribution in [1.82, 2.24) is 0 Å². The number of rotatable bonds is 22. The molecule has 35 heavy (non-hydrogen) atoms. The molecule has 1 aliphatic heterocycles. The standard InChI is InChI=1S/C28H44O7/c1-22-24(28(34)35-27(22)33)20-18-16-14-12-10-8-6-4-2-3-5-7-9-11-13-15-17-19-23(26(31)32)21-25(29)30/h19H,2-18,20-21H2,1H3,(H,29,30)(H,31,32)/b23-19+. The molecule has 198 valence electrons. The Morgan fingerprint density at radius 1 is 0.686 bits per heavy atom. The predicted octanol–water partition coefficient (Wildman–Crippen LogP) is 6.89. The molecule has 2 N–H and O–H groups in total. The highest BCUT2D eigenvalue weighted by atomic mass is 16.6. The largest absolute Gasteiger partial charge is 0.481 e. The van der Waals surface area contributed by atoms with E-state index in [2.05, 4.69) is 4.74 Å². The van der Waals surface area contributed by atoms with Gasteiger partial charge in [-0.2, -0.15) is 0 Å². The van der Waals surface area contributed by atoms with Crippen molar-refractivity contribution < 1.29 is 34.1 Å². The summed E-state index contributed by atoms with van der Waals surface area (Å²) >= 11 is 0. The number of unbranched alkanes of at least 4 members (excludes halogenated alkanes) is 16. The summed E-state index contributed by atoms with van der Waals surface area (Å²) in [4.78, 5) is 44.4. The molecule has 1 aliphatic rings. The minimum atomic E-state index is -1.14. The van der Waals surface area contributed by atoms with E-state index in [0.717, 1.165) is 32.1 Å². The minimum Gasteiger partial charge on any atom is -0.481 e. The number of carbonyl (C=O) groups excluding carboxylic acids is 2. The number of aliphatic carboxylic acids is 2. The monoisotopic (exact) mass is 492 g/mol. The van der Waals surface area contributed by atoms with Gasteiger partial charge < -0.3 is 14.9 Å². The number of allylic oxidation sites excluding steroid dienone is 1. The Labute approximate surface area is 210 Å². The third kappa shape index (κ3) is 14.5. The second-order valence-electron chi connectivity index (χ2n) is 9.58. The second kappa shape index (κ2) is 18.8. The summed E-state index contributed by atoms with van der Waals surface area (Å²) in [6.07, 6.45) is 21.4. The third-order valence-corrected chi connectivity index (χ3v) is 6.58. The Morgan fingerprint density at radius 2 is 1.11 bits per heavy atom. The van der Waals surface area contributed by atoms with Crippen LogP contribution < -0.4 is 0 Å². The molecule has 0 unspecified atom stereocenters. The number of hydrogen-bond donors (Lipinski definition) is 2. The number of carbonyl (C=O) groups is 4. The van der Waals surface area contributed by atoms with Gasteiger partial charge in [0, 0.05) is 16.7 Å². The van der Waals surface area contributed by atoms with Gasteiger partial charge in [-0.3, -0.25) is 4.79 Å². The van der Waals surface area contributed by atoms with E-state index in [0.29, 0.717) is 24.0 Å². The maximum Gasteiger partial charge on any atom is 0.342 e. The molecule has 0 saturated heterocycles. The van der Waals surface area contributed by atoms with Crippen LogP contribution in [0.25, 0.3) is 0 Å². The van der Waals surface area contributed by atoms with Gasteiger partial charge in [0.15, 0.2) is 0 Å². The Kier molecular flexibility index (Phi) is 16.5. The Bertz CT molecular complexity index is 748. The molecule has 0 aliphatic carbocycles. The normalized spacial score (nSPS) is 14.0. The Balaban J connectivity index is 1.83. The maximum atomic E-state index is 11.5. The molecule has 0 amide bonds. The van der Waals surface area contributed by atoms with Crippen molar-refractivity contribution in [3.8, 4) is 0 Å². The first-order valence-corrected chi connectivity index (χ1v) is 13.4.